The molecule has 0 aliphatic rings. The summed E-state index contributed by atoms with van der Waals surface area (Å²) in [7, 11) is 0. The minimum atomic E-state index is -0.240. The maximum atomic E-state index is 13.6. The van der Waals surface area contributed by atoms with Gasteiger partial charge in [0.15, 0.2) is 5.11 Å². The molecular formula is C18H21FN2S. The predicted molar refractivity (Wildman–Crippen MR) is 96.2 cm³/mol. The SMILES string of the molecule is CCc1cccc(CC)c1NC(=S)Nc1ccc(C)c(F)c1. The summed E-state index contributed by atoms with van der Waals surface area (Å²) < 4.78 is 13.6. The number of nitrogens with one attached hydrogen (secondary N) is 2. The van der Waals surface area contributed by atoms with Gasteiger partial charge in [0, 0.05) is 11.4 Å². The van der Waals surface area contributed by atoms with Crippen LogP contribution in [-0.4, -0.2) is 5.11 Å². The quantitative estimate of drug-likeness (QED) is 0.770. The number of aryl methyl sites for hydroxylation is 3. The first-order valence-corrected chi connectivity index (χ1v) is 7.90. The van der Waals surface area contributed by atoms with Crippen LogP contribution in [0.25, 0.3) is 0 Å². The molecule has 2 aromatic carbocycles. The van der Waals surface area contributed by atoms with E-state index in [4.69, 9.17) is 12.2 Å². The first-order valence-electron chi connectivity index (χ1n) is 7.50. The molecule has 2 aromatic rings. The maximum Gasteiger partial charge on any atom is 0.175 e. The molecule has 2 rings (SSSR count). The lowest BCUT2D eigenvalue weighted by atomic mass is 10.0. The van der Waals surface area contributed by atoms with Gasteiger partial charge in [-0.25, -0.2) is 4.39 Å². The molecule has 22 heavy (non-hydrogen) atoms. The highest BCUT2D eigenvalue weighted by Gasteiger charge is 2.08. The van der Waals surface area contributed by atoms with Gasteiger partial charge in [-0.2, -0.15) is 0 Å². The highest BCUT2D eigenvalue weighted by molar-refractivity contribution is 7.80. The second kappa shape index (κ2) is 7.36. The number of benzene rings is 2. The molecule has 116 valence electrons. The second-order valence-electron chi connectivity index (χ2n) is 5.20. The Labute approximate surface area is 136 Å². The van der Waals surface area contributed by atoms with Crippen molar-refractivity contribution in [3.63, 3.8) is 0 Å². The summed E-state index contributed by atoms with van der Waals surface area (Å²) in [6.45, 7) is 5.97. The van der Waals surface area contributed by atoms with E-state index >= 15 is 0 Å². The van der Waals surface area contributed by atoms with Crippen molar-refractivity contribution < 1.29 is 4.39 Å². The van der Waals surface area contributed by atoms with Gasteiger partial charge in [0.25, 0.3) is 0 Å². The van der Waals surface area contributed by atoms with Crippen LogP contribution in [0.2, 0.25) is 0 Å². The fraction of sp³-hybridized carbons (Fsp3) is 0.278. The molecule has 2 nitrogen and oxygen atoms in total. The van der Waals surface area contributed by atoms with Crippen molar-refractivity contribution in [2.75, 3.05) is 10.6 Å². The van der Waals surface area contributed by atoms with Crippen molar-refractivity contribution in [2.24, 2.45) is 0 Å². The lowest BCUT2D eigenvalue weighted by molar-refractivity contribution is 0.619. The average Bonchev–Trinajstić information content (AvgIpc) is 2.51. The number of anilines is 2. The van der Waals surface area contributed by atoms with E-state index in [9.17, 15) is 4.39 Å². The molecular weight excluding hydrogens is 295 g/mol. The van der Waals surface area contributed by atoms with E-state index in [0.29, 0.717) is 16.4 Å². The van der Waals surface area contributed by atoms with E-state index < -0.39 is 0 Å². The Morgan fingerprint density at radius 2 is 1.68 bits per heavy atom. The van der Waals surface area contributed by atoms with Gasteiger partial charge in [0.2, 0.25) is 0 Å². The Morgan fingerprint density at radius 3 is 2.23 bits per heavy atom. The van der Waals surface area contributed by atoms with Crippen LogP contribution in [0, 0.1) is 12.7 Å². The van der Waals surface area contributed by atoms with Gasteiger partial charge in [0.05, 0.1) is 0 Å². The van der Waals surface area contributed by atoms with Gasteiger partial charge in [-0.15, -0.1) is 0 Å². The molecule has 0 heterocycles. The molecule has 0 atom stereocenters. The van der Waals surface area contributed by atoms with Crippen LogP contribution in [-0.2, 0) is 12.8 Å². The van der Waals surface area contributed by atoms with Crippen LogP contribution < -0.4 is 10.6 Å². The van der Waals surface area contributed by atoms with Crippen LogP contribution in [0.15, 0.2) is 36.4 Å². The number of rotatable bonds is 4. The van der Waals surface area contributed by atoms with E-state index in [1.165, 1.54) is 17.2 Å². The molecule has 0 aliphatic carbocycles. The highest BCUT2D eigenvalue weighted by Crippen LogP contribution is 2.23. The largest absolute Gasteiger partial charge is 0.332 e. The lowest BCUT2D eigenvalue weighted by Gasteiger charge is -2.17. The fourth-order valence-corrected chi connectivity index (χ4v) is 2.57. The molecule has 2 N–H and O–H groups in total. The number of halogens is 1. The lowest BCUT2D eigenvalue weighted by Crippen LogP contribution is -2.21. The standard InChI is InChI=1S/C18H21FN2S/c1-4-13-7-6-8-14(5-2)17(13)21-18(22)20-15-10-9-12(3)16(19)11-15/h6-11H,4-5H2,1-3H3,(H2,20,21,22). The Kier molecular flexibility index (Phi) is 5.50. The first kappa shape index (κ1) is 16.4. The zero-order chi connectivity index (χ0) is 16.1. The van der Waals surface area contributed by atoms with E-state index in [-0.39, 0.29) is 5.82 Å². The van der Waals surface area contributed by atoms with Gasteiger partial charge in [-0.1, -0.05) is 38.1 Å². The molecule has 4 heteroatoms. The van der Waals surface area contributed by atoms with Crippen LogP contribution in [0.3, 0.4) is 0 Å². The minimum Gasteiger partial charge on any atom is -0.332 e. The van der Waals surface area contributed by atoms with Crippen LogP contribution in [0.5, 0.6) is 0 Å². The normalized spacial score (nSPS) is 10.4. The third kappa shape index (κ3) is 3.83. The van der Waals surface area contributed by atoms with Crippen molar-refractivity contribution in [1.82, 2.24) is 0 Å². The number of para-hydroxylation sites is 1. The molecule has 0 saturated carbocycles. The van der Waals surface area contributed by atoms with E-state index in [1.54, 1.807) is 13.0 Å². The Hall–Kier alpha value is -1.94. The monoisotopic (exact) mass is 316 g/mol. The van der Waals surface area contributed by atoms with Crippen LogP contribution in [0.4, 0.5) is 15.8 Å². The molecule has 0 saturated heterocycles. The molecule has 0 fully saturated rings. The number of hydrogen-bond acceptors (Lipinski definition) is 1. The van der Waals surface area contributed by atoms with Crippen molar-refractivity contribution in [3.8, 4) is 0 Å². The van der Waals surface area contributed by atoms with E-state index in [2.05, 4.69) is 42.7 Å². The second-order valence-corrected chi connectivity index (χ2v) is 5.61. The summed E-state index contributed by atoms with van der Waals surface area (Å²) in [4.78, 5) is 0. The summed E-state index contributed by atoms with van der Waals surface area (Å²) in [6, 6.07) is 11.3. The van der Waals surface area contributed by atoms with Gasteiger partial charge in [-0.05, 0) is 60.8 Å². The molecule has 0 radical (unpaired) electrons. The number of thiocarbonyl (C=S) groups is 1. The van der Waals surface area contributed by atoms with Gasteiger partial charge >= 0.3 is 0 Å². The average molecular weight is 316 g/mol. The van der Waals surface area contributed by atoms with Crippen molar-refractivity contribution in [3.05, 3.63) is 58.9 Å². The van der Waals surface area contributed by atoms with Crippen molar-refractivity contribution in [1.29, 1.82) is 0 Å². The third-order valence-electron chi connectivity index (χ3n) is 3.67. The summed E-state index contributed by atoms with van der Waals surface area (Å²) >= 11 is 5.36. The molecule has 0 aliphatic heterocycles. The molecule has 0 bridgehead atoms. The van der Waals surface area contributed by atoms with E-state index in [0.717, 1.165) is 18.5 Å². The number of hydrogen-bond donors (Lipinski definition) is 2. The first-order chi connectivity index (χ1) is 10.5. The zero-order valence-electron chi connectivity index (χ0n) is 13.2. The smallest absolute Gasteiger partial charge is 0.175 e. The van der Waals surface area contributed by atoms with Crippen LogP contribution in [0.1, 0.15) is 30.5 Å². The van der Waals surface area contributed by atoms with Gasteiger partial charge in [-0.3, -0.25) is 0 Å². The van der Waals surface area contributed by atoms with Gasteiger partial charge in [0.1, 0.15) is 5.82 Å². The predicted octanol–water partition coefficient (Wildman–Crippen LogP) is 5.07. The summed E-state index contributed by atoms with van der Waals surface area (Å²) in [5.41, 5.74) is 4.76. The molecule has 0 unspecified atom stereocenters. The maximum absolute atomic E-state index is 13.6. The highest BCUT2D eigenvalue weighted by atomic mass is 32.1. The Balaban J connectivity index is 2.17. The van der Waals surface area contributed by atoms with Crippen molar-refractivity contribution in [2.45, 2.75) is 33.6 Å². The van der Waals surface area contributed by atoms with E-state index in [1.807, 2.05) is 6.07 Å². The summed E-state index contributed by atoms with van der Waals surface area (Å²) in [6.07, 6.45) is 1.86. The molecule has 0 amide bonds. The zero-order valence-corrected chi connectivity index (χ0v) is 14.0. The van der Waals surface area contributed by atoms with Crippen LogP contribution >= 0.6 is 12.2 Å². The van der Waals surface area contributed by atoms with Crippen molar-refractivity contribution >= 4 is 28.7 Å². The topological polar surface area (TPSA) is 24.1 Å². The summed E-state index contributed by atoms with van der Waals surface area (Å²) in [5.74, 6) is -0.240. The van der Waals surface area contributed by atoms with Gasteiger partial charge < -0.3 is 10.6 Å². The summed E-state index contributed by atoms with van der Waals surface area (Å²) in [5, 5.41) is 6.77. The fourth-order valence-electron chi connectivity index (χ4n) is 2.35. The molecule has 0 spiro atoms. The minimum absolute atomic E-state index is 0.240. The molecule has 0 aromatic heterocycles. The Bertz CT molecular complexity index is 661. The Morgan fingerprint density at radius 1 is 1.05 bits per heavy atom. The third-order valence-corrected chi connectivity index (χ3v) is 3.87.